The van der Waals surface area contributed by atoms with Gasteiger partial charge in [0, 0.05) is 29.8 Å². The first-order chi connectivity index (χ1) is 15.2. The van der Waals surface area contributed by atoms with Gasteiger partial charge in [-0.15, -0.1) is 0 Å². The van der Waals surface area contributed by atoms with E-state index in [1.165, 1.54) is 0 Å². The van der Waals surface area contributed by atoms with E-state index in [9.17, 15) is 4.79 Å². The number of nitriles is 1. The van der Waals surface area contributed by atoms with Gasteiger partial charge in [-0.05, 0) is 35.4 Å². The predicted octanol–water partition coefficient (Wildman–Crippen LogP) is 2.93. The number of amides is 1. The number of aliphatic imine (C=N–C) groups is 1. The number of aromatic nitrogens is 4. The molecule has 0 spiro atoms. The monoisotopic (exact) mass is 407 g/mol. The van der Waals surface area contributed by atoms with Gasteiger partial charge in [-0.2, -0.15) is 10.4 Å². The third-order valence-electron chi connectivity index (χ3n) is 5.06. The first kappa shape index (κ1) is 18.5. The Labute approximate surface area is 178 Å². The molecule has 0 radical (unpaired) electrons. The van der Waals surface area contributed by atoms with Crippen LogP contribution in [0.4, 0.5) is 5.69 Å². The van der Waals surface area contributed by atoms with Crippen LogP contribution >= 0.6 is 0 Å². The maximum atomic E-state index is 12.8. The number of benzene rings is 2. The first-order valence-corrected chi connectivity index (χ1v) is 9.68. The van der Waals surface area contributed by atoms with Crippen molar-refractivity contribution in [3.63, 3.8) is 0 Å². The predicted molar refractivity (Wildman–Crippen MR) is 115 cm³/mol. The van der Waals surface area contributed by atoms with E-state index in [0.29, 0.717) is 30.1 Å². The van der Waals surface area contributed by atoms with Gasteiger partial charge in [0.15, 0.2) is 0 Å². The minimum atomic E-state index is -0.264. The van der Waals surface area contributed by atoms with Crippen LogP contribution in [0.15, 0.2) is 78.6 Å². The first-order valence-electron chi connectivity index (χ1n) is 9.68. The Morgan fingerprint density at radius 1 is 1.23 bits per heavy atom. The number of imidazole rings is 1. The highest BCUT2D eigenvalue weighted by Crippen LogP contribution is 2.23. The highest BCUT2D eigenvalue weighted by Gasteiger charge is 2.23. The number of hydrogen-bond donors (Lipinski definition) is 1. The Kier molecular flexibility index (Phi) is 4.61. The van der Waals surface area contributed by atoms with E-state index in [2.05, 4.69) is 26.5 Å². The van der Waals surface area contributed by atoms with Gasteiger partial charge in [0.1, 0.15) is 5.71 Å². The maximum Gasteiger partial charge on any atom is 0.274 e. The van der Waals surface area contributed by atoms with Crippen LogP contribution < -0.4 is 5.32 Å². The molecule has 4 aromatic rings. The quantitative estimate of drug-likeness (QED) is 0.550. The Balaban J connectivity index is 1.28. The van der Waals surface area contributed by atoms with E-state index in [1.807, 2.05) is 47.2 Å². The van der Waals surface area contributed by atoms with Gasteiger partial charge in [-0.25, -0.2) is 4.98 Å². The van der Waals surface area contributed by atoms with Gasteiger partial charge in [0.2, 0.25) is 0 Å². The molecule has 1 amide bonds. The minimum Gasteiger partial charge on any atom is -0.318 e. The van der Waals surface area contributed by atoms with Crippen molar-refractivity contribution in [3.05, 3.63) is 95.8 Å². The largest absolute Gasteiger partial charge is 0.318 e. The molecule has 5 rings (SSSR count). The molecule has 0 atom stereocenters. The van der Waals surface area contributed by atoms with Crippen LogP contribution in [0.3, 0.4) is 0 Å². The summed E-state index contributed by atoms with van der Waals surface area (Å²) in [6.07, 6.45) is 8.70. The zero-order chi connectivity index (χ0) is 21.2. The molecule has 150 valence electrons. The van der Waals surface area contributed by atoms with Crippen LogP contribution in [0, 0.1) is 11.3 Å². The van der Waals surface area contributed by atoms with Crippen LogP contribution in [-0.4, -0.2) is 31.0 Å². The summed E-state index contributed by atoms with van der Waals surface area (Å²) in [5, 5.41) is 16.2. The highest BCUT2D eigenvalue weighted by molar-refractivity contribution is 6.49. The summed E-state index contributed by atoms with van der Waals surface area (Å²) in [7, 11) is 0. The summed E-state index contributed by atoms with van der Waals surface area (Å²) in [4.78, 5) is 21.3. The van der Waals surface area contributed by atoms with Crippen molar-refractivity contribution in [1.29, 1.82) is 5.26 Å². The summed E-state index contributed by atoms with van der Waals surface area (Å²) in [5.41, 5.74) is 5.39. The van der Waals surface area contributed by atoms with Crippen molar-refractivity contribution >= 4 is 17.3 Å². The number of rotatable bonds is 5. The van der Waals surface area contributed by atoms with Crippen molar-refractivity contribution in [3.8, 4) is 11.8 Å². The Hall–Kier alpha value is -4.51. The number of hydrogen-bond acceptors (Lipinski definition) is 5. The molecule has 0 aliphatic carbocycles. The van der Waals surface area contributed by atoms with E-state index in [0.717, 1.165) is 22.4 Å². The number of nitrogens with one attached hydrogen (secondary N) is 1. The molecule has 0 saturated heterocycles. The third kappa shape index (κ3) is 3.72. The lowest BCUT2D eigenvalue weighted by Gasteiger charge is -2.07. The average molecular weight is 407 g/mol. The SMILES string of the molecule is N#Cc1cccc(Cn2cc(NC(=O)C3=NCc4cc(-n5ccnc5)ccc43)cn2)c1. The summed E-state index contributed by atoms with van der Waals surface area (Å²) in [6, 6.07) is 15.4. The molecule has 0 unspecified atom stereocenters. The average Bonchev–Trinajstić information content (AvgIpc) is 3.54. The van der Waals surface area contributed by atoms with E-state index >= 15 is 0 Å². The number of carbonyl (C=O) groups excluding carboxylic acids is 1. The lowest BCUT2D eigenvalue weighted by Crippen LogP contribution is -2.22. The van der Waals surface area contributed by atoms with Gasteiger partial charge in [0.05, 0.1) is 42.9 Å². The summed E-state index contributed by atoms with van der Waals surface area (Å²) < 4.78 is 3.63. The van der Waals surface area contributed by atoms with Crippen LogP contribution in [-0.2, 0) is 17.9 Å². The van der Waals surface area contributed by atoms with E-state index in [1.54, 1.807) is 35.7 Å². The Bertz CT molecular complexity index is 1340. The Morgan fingerprint density at radius 3 is 3.00 bits per heavy atom. The Morgan fingerprint density at radius 2 is 2.16 bits per heavy atom. The lowest BCUT2D eigenvalue weighted by molar-refractivity contribution is -0.110. The van der Waals surface area contributed by atoms with Crippen molar-refractivity contribution in [1.82, 2.24) is 19.3 Å². The molecule has 1 N–H and O–H groups in total. The fourth-order valence-corrected chi connectivity index (χ4v) is 3.59. The molecule has 31 heavy (non-hydrogen) atoms. The lowest BCUT2D eigenvalue weighted by atomic mass is 10.0. The zero-order valence-corrected chi connectivity index (χ0v) is 16.4. The van der Waals surface area contributed by atoms with Crippen LogP contribution in [0.25, 0.3) is 5.69 Å². The summed E-state index contributed by atoms with van der Waals surface area (Å²) in [6.45, 7) is 0.974. The van der Waals surface area contributed by atoms with Gasteiger partial charge < -0.3 is 9.88 Å². The van der Waals surface area contributed by atoms with Gasteiger partial charge in [-0.3, -0.25) is 14.5 Å². The second-order valence-corrected chi connectivity index (χ2v) is 7.17. The molecule has 3 heterocycles. The molecule has 8 nitrogen and oxygen atoms in total. The fraction of sp³-hybridized carbons (Fsp3) is 0.0870. The van der Waals surface area contributed by atoms with Crippen molar-refractivity contribution in [2.75, 3.05) is 5.32 Å². The number of fused-ring (bicyclic) bond motifs is 1. The standard InChI is InChI=1S/C23H17N7O/c24-10-16-2-1-3-17(8-16)13-30-14-19(12-27-30)28-23(31)22-21-5-4-20(9-18(21)11-26-22)29-7-6-25-15-29/h1-9,12,14-15H,11,13H2,(H,28,31). The van der Waals surface area contributed by atoms with Crippen molar-refractivity contribution in [2.24, 2.45) is 4.99 Å². The van der Waals surface area contributed by atoms with E-state index < -0.39 is 0 Å². The molecule has 0 fully saturated rings. The molecule has 0 saturated carbocycles. The maximum absolute atomic E-state index is 12.8. The van der Waals surface area contributed by atoms with Crippen LogP contribution in [0.5, 0.6) is 0 Å². The highest BCUT2D eigenvalue weighted by atomic mass is 16.1. The van der Waals surface area contributed by atoms with Crippen molar-refractivity contribution < 1.29 is 4.79 Å². The van der Waals surface area contributed by atoms with Gasteiger partial charge in [-0.1, -0.05) is 18.2 Å². The molecule has 2 aromatic heterocycles. The third-order valence-corrected chi connectivity index (χ3v) is 5.06. The smallest absolute Gasteiger partial charge is 0.274 e. The second-order valence-electron chi connectivity index (χ2n) is 7.17. The topological polar surface area (TPSA) is 101 Å². The van der Waals surface area contributed by atoms with Crippen LogP contribution in [0.2, 0.25) is 0 Å². The van der Waals surface area contributed by atoms with E-state index in [4.69, 9.17) is 5.26 Å². The van der Waals surface area contributed by atoms with Gasteiger partial charge >= 0.3 is 0 Å². The molecule has 2 aromatic carbocycles. The fourth-order valence-electron chi connectivity index (χ4n) is 3.59. The molecule has 1 aliphatic heterocycles. The van der Waals surface area contributed by atoms with Crippen LogP contribution in [0.1, 0.15) is 22.3 Å². The number of carbonyl (C=O) groups is 1. The minimum absolute atomic E-state index is 0.264. The molecular weight excluding hydrogens is 390 g/mol. The number of nitrogens with zero attached hydrogens (tertiary/aromatic N) is 6. The van der Waals surface area contributed by atoms with E-state index in [-0.39, 0.29) is 5.91 Å². The summed E-state index contributed by atoms with van der Waals surface area (Å²) >= 11 is 0. The zero-order valence-electron chi connectivity index (χ0n) is 16.4. The molecular formula is C23H17N7O. The van der Waals surface area contributed by atoms with Crippen molar-refractivity contribution in [2.45, 2.75) is 13.1 Å². The normalized spacial score (nSPS) is 12.2. The van der Waals surface area contributed by atoms with Gasteiger partial charge in [0.25, 0.3) is 5.91 Å². The molecule has 0 bridgehead atoms. The number of anilines is 1. The second kappa shape index (κ2) is 7.72. The summed E-state index contributed by atoms with van der Waals surface area (Å²) in [5.74, 6) is -0.264. The molecule has 1 aliphatic rings. The molecule has 8 heteroatoms.